The predicted octanol–water partition coefficient (Wildman–Crippen LogP) is 0.751. The van der Waals surface area contributed by atoms with E-state index in [-0.39, 0.29) is 48.4 Å². The van der Waals surface area contributed by atoms with E-state index < -0.39 is 30.3 Å². The first-order chi connectivity index (χ1) is 11.4. The third-order valence-electron chi connectivity index (χ3n) is 4.09. The van der Waals surface area contributed by atoms with Crippen LogP contribution in [0.1, 0.15) is 12.8 Å². The number of halogens is 3. The molecule has 24 heavy (non-hydrogen) atoms. The van der Waals surface area contributed by atoms with Crippen LogP contribution in [0.3, 0.4) is 0 Å². The van der Waals surface area contributed by atoms with Crippen molar-refractivity contribution in [3.63, 3.8) is 0 Å². The van der Waals surface area contributed by atoms with E-state index in [0.717, 1.165) is 0 Å². The first-order valence-corrected chi connectivity index (χ1v) is 9.60. The summed E-state index contributed by atoms with van der Waals surface area (Å²) in [6.07, 6.45) is -1.80. The molecule has 0 saturated carbocycles. The van der Waals surface area contributed by atoms with Crippen LogP contribution in [0.15, 0.2) is 0 Å². The molecule has 0 aromatic carbocycles. The Kier molecular flexibility index (Phi) is 6.57. The standard InChI is InChI=1S/C14H16Br2FN3O4/c15-3-12(21)19-7-10(2-9(19)5-18)24-14(23)11-1-8(17)6-20(11)13(22)4-16/h8-11H,1-4,6-7H2/t8-,9-,10?,11-/m0/s1. The second-order valence-electron chi connectivity index (χ2n) is 5.65. The summed E-state index contributed by atoms with van der Waals surface area (Å²) in [5.74, 6) is -1.34. The summed E-state index contributed by atoms with van der Waals surface area (Å²) in [4.78, 5) is 38.4. The maximum absolute atomic E-state index is 13.6. The summed E-state index contributed by atoms with van der Waals surface area (Å²) in [5.41, 5.74) is 0. The van der Waals surface area contributed by atoms with Crippen molar-refractivity contribution in [3.05, 3.63) is 0 Å². The molecule has 2 heterocycles. The molecule has 2 amide bonds. The van der Waals surface area contributed by atoms with Crippen LogP contribution in [-0.4, -0.2) is 75.7 Å². The fraction of sp³-hybridized carbons (Fsp3) is 0.714. The summed E-state index contributed by atoms with van der Waals surface area (Å²) < 4.78 is 19.0. The van der Waals surface area contributed by atoms with Gasteiger partial charge in [0.15, 0.2) is 0 Å². The van der Waals surface area contributed by atoms with Crippen molar-refractivity contribution < 1.29 is 23.5 Å². The summed E-state index contributed by atoms with van der Waals surface area (Å²) in [7, 11) is 0. The number of ether oxygens (including phenoxy) is 1. The first-order valence-electron chi connectivity index (χ1n) is 7.36. The van der Waals surface area contributed by atoms with Gasteiger partial charge in [-0.05, 0) is 0 Å². The second kappa shape index (κ2) is 8.25. The fourth-order valence-corrected chi connectivity index (χ4v) is 3.61. The van der Waals surface area contributed by atoms with Crippen molar-refractivity contribution in [2.45, 2.75) is 37.2 Å². The van der Waals surface area contributed by atoms with E-state index in [4.69, 9.17) is 10.00 Å². The van der Waals surface area contributed by atoms with E-state index in [1.807, 2.05) is 6.07 Å². The Balaban J connectivity index is 2.00. The fourth-order valence-electron chi connectivity index (χ4n) is 2.96. The highest BCUT2D eigenvalue weighted by molar-refractivity contribution is 9.09. The monoisotopic (exact) mass is 467 g/mol. The summed E-state index contributed by atoms with van der Waals surface area (Å²) >= 11 is 6.05. The molecule has 0 bridgehead atoms. The Morgan fingerprint density at radius 1 is 1.12 bits per heavy atom. The zero-order valence-electron chi connectivity index (χ0n) is 12.7. The van der Waals surface area contributed by atoms with E-state index in [0.29, 0.717) is 0 Å². The Morgan fingerprint density at radius 3 is 2.33 bits per heavy atom. The van der Waals surface area contributed by atoms with E-state index in [9.17, 15) is 18.8 Å². The zero-order valence-corrected chi connectivity index (χ0v) is 15.8. The van der Waals surface area contributed by atoms with Gasteiger partial charge in [0.1, 0.15) is 24.4 Å². The number of amides is 2. The first kappa shape index (κ1) is 19.1. The Hall–Kier alpha value is -1.21. The Bertz CT molecular complexity index is 571. The zero-order chi connectivity index (χ0) is 17.9. The van der Waals surface area contributed by atoms with Crippen molar-refractivity contribution in [2.75, 3.05) is 23.7 Å². The number of alkyl halides is 3. The molecule has 4 atom stereocenters. The smallest absolute Gasteiger partial charge is 0.329 e. The topological polar surface area (TPSA) is 90.7 Å². The van der Waals surface area contributed by atoms with Crippen molar-refractivity contribution in [2.24, 2.45) is 0 Å². The highest BCUT2D eigenvalue weighted by Gasteiger charge is 2.43. The lowest BCUT2D eigenvalue weighted by molar-refractivity contribution is -0.157. The van der Waals surface area contributed by atoms with Crippen LogP contribution in [0.5, 0.6) is 0 Å². The van der Waals surface area contributed by atoms with Gasteiger partial charge in [0.05, 0.1) is 29.8 Å². The number of nitriles is 1. The average molecular weight is 469 g/mol. The average Bonchev–Trinajstić information content (AvgIpc) is 3.16. The van der Waals surface area contributed by atoms with Gasteiger partial charge < -0.3 is 14.5 Å². The lowest BCUT2D eigenvalue weighted by Crippen LogP contribution is -2.43. The molecular weight excluding hydrogens is 453 g/mol. The number of rotatable bonds is 4. The largest absolute Gasteiger partial charge is 0.459 e. The number of carbonyl (C=O) groups excluding carboxylic acids is 3. The molecule has 132 valence electrons. The quantitative estimate of drug-likeness (QED) is 0.448. The van der Waals surface area contributed by atoms with Gasteiger partial charge >= 0.3 is 5.97 Å². The second-order valence-corrected chi connectivity index (χ2v) is 6.77. The molecule has 0 aromatic rings. The van der Waals surface area contributed by atoms with Crippen molar-refractivity contribution in [3.8, 4) is 6.07 Å². The normalized spacial score (nSPS) is 29.4. The van der Waals surface area contributed by atoms with Crippen molar-refractivity contribution in [1.29, 1.82) is 5.26 Å². The minimum atomic E-state index is -1.27. The Labute approximate surface area is 155 Å². The molecule has 2 fully saturated rings. The van der Waals surface area contributed by atoms with Gasteiger partial charge in [-0.25, -0.2) is 9.18 Å². The summed E-state index contributed by atoms with van der Waals surface area (Å²) in [6.45, 7) is -0.0174. The number of carbonyl (C=O) groups is 3. The van der Waals surface area contributed by atoms with Crippen LogP contribution in [0.2, 0.25) is 0 Å². The third-order valence-corrected chi connectivity index (χ3v) is 5.05. The molecule has 0 aliphatic carbocycles. The molecule has 1 unspecified atom stereocenters. The van der Waals surface area contributed by atoms with Crippen LogP contribution in [0, 0.1) is 11.3 Å². The minimum absolute atomic E-state index is 0.00301. The van der Waals surface area contributed by atoms with Gasteiger partial charge in [-0.15, -0.1) is 0 Å². The molecular formula is C14H16Br2FN3O4. The molecule has 2 aliphatic heterocycles. The van der Waals surface area contributed by atoms with Crippen LogP contribution in [0.4, 0.5) is 4.39 Å². The molecule has 7 nitrogen and oxygen atoms in total. The van der Waals surface area contributed by atoms with E-state index in [2.05, 4.69) is 31.9 Å². The molecule has 0 aromatic heterocycles. The molecule has 0 N–H and O–H groups in total. The van der Waals surface area contributed by atoms with Crippen molar-refractivity contribution >= 4 is 49.6 Å². The SMILES string of the molecule is N#C[C@@H]1CC(OC(=O)[C@@H]2C[C@H](F)CN2C(=O)CBr)CN1C(=O)CBr. The number of nitrogens with zero attached hydrogens (tertiary/aromatic N) is 3. The van der Waals surface area contributed by atoms with Crippen molar-refractivity contribution in [1.82, 2.24) is 9.80 Å². The molecule has 10 heteroatoms. The molecule has 2 aliphatic rings. The van der Waals surface area contributed by atoms with Gasteiger partial charge in [0.25, 0.3) is 0 Å². The molecule has 0 spiro atoms. The van der Waals surface area contributed by atoms with Crippen LogP contribution >= 0.6 is 31.9 Å². The number of likely N-dealkylation sites (tertiary alicyclic amines) is 2. The van der Waals surface area contributed by atoms with Gasteiger partial charge in [-0.1, -0.05) is 31.9 Å². The highest BCUT2D eigenvalue weighted by atomic mass is 79.9. The number of esters is 1. The van der Waals surface area contributed by atoms with E-state index >= 15 is 0 Å². The third kappa shape index (κ3) is 4.06. The molecule has 2 saturated heterocycles. The lowest BCUT2D eigenvalue weighted by Gasteiger charge is -2.23. The maximum atomic E-state index is 13.6. The number of hydrogen-bond donors (Lipinski definition) is 0. The molecule has 2 rings (SSSR count). The molecule has 0 radical (unpaired) electrons. The van der Waals surface area contributed by atoms with Crippen LogP contribution in [0.25, 0.3) is 0 Å². The van der Waals surface area contributed by atoms with Crippen LogP contribution in [-0.2, 0) is 19.1 Å². The lowest BCUT2D eigenvalue weighted by atomic mass is 10.2. The van der Waals surface area contributed by atoms with Gasteiger partial charge in [0, 0.05) is 12.8 Å². The minimum Gasteiger partial charge on any atom is -0.459 e. The number of hydrogen-bond acceptors (Lipinski definition) is 5. The Morgan fingerprint density at radius 2 is 1.75 bits per heavy atom. The summed E-state index contributed by atoms with van der Waals surface area (Å²) in [6, 6.07) is 0.380. The maximum Gasteiger partial charge on any atom is 0.329 e. The van der Waals surface area contributed by atoms with Crippen LogP contribution < -0.4 is 0 Å². The summed E-state index contributed by atoms with van der Waals surface area (Å²) in [5, 5.41) is 9.19. The van der Waals surface area contributed by atoms with Gasteiger partial charge in [0.2, 0.25) is 11.8 Å². The van der Waals surface area contributed by atoms with Gasteiger partial charge in [-0.3, -0.25) is 9.59 Å². The van der Waals surface area contributed by atoms with E-state index in [1.165, 1.54) is 9.80 Å². The van der Waals surface area contributed by atoms with Gasteiger partial charge in [-0.2, -0.15) is 5.26 Å². The van der Waals surface area contributed by atoms with E-state index in [1.54, 1.807) is 0 Å². The highest BCUT2D eigenvalue weighted by Crippen LogP contribution is 2.25. The predicted molar refractivity (Wildman–Crippen MR) is 88.2 cm³/mol.